The molecule has 1 aliphatic heterocycles. The van der Waals surface area contributed by atoms with Crippen molar-refractivity contribution in [1.82, 2.24) is 4.90 Å². The third-order valence-electron chi connectivity index (χ3n) is 4.86. The van der Waals surface area contributed by atoms with Crippen molar-refractivity contribution < 1.29 is 9.53 Å². The van der Waals surface area contributed by atoms with Gasteiger partial charge in [-0.2, -0.15) is 0 Å². The Morgan fingerprint density at radius 2 is 1.96 bits per heavy atom. The molecular weight excluding hydrogens is 298 g/mol. The number of rotatable bonds is 4. The molecule has 1 amide bonds. The fraction of sp³-hybridized carbons (Fsp3) is 0.476. The molecule has 3 nitrogen and oxygen atoms in total. The van der Waals surface area contributed by atoms with Crippen LogP contribution < -0.4 is 4.74 Å². The summed E-state index contributed by atoms with van der Waals surface area (Å²) in [6.07, 6.45) is 2.53. The first-order valence-corrected chi connectivity index (χ1v) is 8.93. The molecule has 24 heavy (non-hydrogen) atoms. The molecule has 0 aromatic heterocycles. The second kappa shape index (κ2) is 6.84. The van der Waals surface area contributed by atoms with E-state index in [0.29, 0.717) is 6.42 Å². The molecule has 1 heterocycles. The summed E-state index contributed by atoms with van der Waals surface area (Å²) in [4.78, 5) is 14.9. The van der Waals surface area contributed by atoms with E-state index in [2.05, 4.69) is 26.0 Å². The van der Waals surface area contributed by atoms with Gasteiger partial charge in [0, 0.05) is 13.1 Å². The van der Waals surface area contributed by atoms with Crippen molar-refractivity contribution in [1.29, 1.82) is 0 Å². The maximum Gasteiger partial charge on any atom is 0.263 e. The molecule has 3 rings (SSSR count). The first kappa shape index (κ1) is 16.8. The number of fused-ring (bicyclic) bond motifs is 1. The lowest BCUT2D eigenvalue weighted by molar-refractivity contribution is -0.142. The molecule has 0 radical (unpaired) electrons. The lowest BCUT2D eigenvalue weighted by Gasteiger charge is -2.39. The van der Waals surface area contributed by atoms with Crippen LogP contribution in [-0.4, -0.2) is 30.0 Å². The number of benzene rings is 2. The van der Waals surface area contributed by atoms with E-state index >= 15 is 0 Å². The highest BCUT2D eigenvalue weighted by molar-refractivity contribution is 5.84. The van der Waals surface area contributed by atoms with Gasteiger partial charge in [0.1, 0.15) is 5.75 Å². The van der Waals surface area contributed by atoms with Gasteiger partial charge in [-0.3, -0.25) is 4.79 Å². The molecule has 0 saturated carbocycles. The lowest BCUT2D eigenvalue weighted by atomic mass is 9.84. The highest BCUT2D eigenvalue weighted by atomic mass is 16.5. The number of likely N-dealkylation sites (tertiary alicyclic amines) is 1. The van der Waals surface area contributed by atoms with E-state index in [1.165, 1.54) is 11.8 Å². The minimum absolute atomic E-state index is 0.124. The maximum atomic E-state index is 12.9. The van der Waals surface area contributed by atoms with Crippen molar-refractivity contribution in [2.24, 2.45) is 5.41 Å². The van der Waals surface area contributed by atoms with Crippen LogP contribution in [0.15, 0.2) is 42.5 Å². The van der Waals surface area contributed by atoms with E-state index in [1.54, 1.807) is 0 Å². The van der Waals surface area contributed by atoms with E-state index in [1.807, 2.05) is 42.2 Å². The summed E-state index contributed by atoms with van der Waals surface area (Å²) in [5, 5.41) is 2.32. The number of amides is 1. The van der Waals surface area contributed by atoms with Crippen LogP contribution >= 0.6 is 0 Å². The molecule has 2 aromatic carbocycles. The zero-order chi connectivity index (χ0) is 17.2. The van der Waals surface area contributed by atoms with Gasteiger partial charge in [-0.1, -0.05) is 51.1 Å². The summed E-state index contributed by atoms with van der Waals surface area (Å²) < 4.78 is 6.06. The number of carbonyl (C=O) groups excluding carboxylic acids is 1. The molecule has 0 unspecified atom stereocenters. The Kier molecular flexibility index (Phi) is 4.79. The minimum Gasteiger partial charge on any atom is -0.481 e. The molecule has 0 spiro atoms. The van der Waals surface area contributed by atoms with Crippen molar-refractivity contribution >= 4 is 16.7 Å². The number of hydrogen-bond acceptors (Lipinski definition) is 2. The Labute approximate surface area is 144 Å². The van der Waals surface area contributed by atoms with Gasteiger partial charge >= 0.3 is 0 Å². The molecule has 0 N–H and O–H groups in total. The largest absolute Gasteiger partial charge is 0.481 e. The number of hydrogen-bond donors (Lipinski definition) is 0. The second-order valence-corrected chi connectivity index (χ2v) is 7.55. The predicted octanol–water partition coefficient (Wildman–Crippen LogP) is 4.65. The molecule has 3 heteroatoms. The first-order valence-electron chi connectivity index (χ1n) is 8.93. The van der Waals surface area contributed by atoms with E-state index in [-0.39, 0.29) is 11.3 Å². The highest BCUT2D eigenvalue weighted by Crippen LogP contribution is 2.29. The van der Waals surface area contributed by atoms with Gasteiger partial charge in [0.2, 0.25) is 0 Å². The third-order valence-corrected chi connectivity index (χ3v) is 4.86. The van der Waals surface area contributed by atoms with Crippen LogP contribution in [0.3, 0.4) is 0 Å². The Morgan fingerprint density at radius 3 is 2.67 bits per heavy atom. The van der Waals surface area contributed by atoms with Gasteiger partial charge in [-0.15, -0.1) is 0 Å². The highest BCUT2D eigenvalue weighted by Gasteiger charge is 2.32. The van der Waals surface area contributed by atoms with Crippen molar-refractivity contribution in [3.8, 4) is 5.75 Å². The summed E-state index contributed by atoms with van der Waals surface area (Å²) in [6.45, 7) is 8.15. The van der Waals surface area contributed by atoms with Crippen LogP contribution in [0.5, 0.6) is 5.75 Å². The molecule has 0 bridgehead atoms. The van der Waals surface area contributed by atoms with E-state index in [4.69, 9.17) is 4.74 Å². The fourth-order valence-corrected chi connectivity index (χ4v) is 3.53. The standard InChI is InChI=1S/C21H27NO2/c1-4-19(20(23)22-13-7-12-21(2,3)15-22)24-18-11-10-16-8-5-6-9-17(16)14-18/h5-6,8-11,14,19H,4,7,12-13,15H2,1-3H3/t19-/m0/s1. The lowest BCUT2D eigenvalue weighted by Crippen LogP contribution is -2.48. The summed E-state index contributed by atoms with van der Waals surface area (Å²) in [7, 11) is 0. The quantitative estimate of drug-likeness (QED) is 0.819. The Morgan fingerprint density at radius 1 is 1.21 bits per heavy atom. The monoisotopic (exact) mass is 325 g/mol. The van der Waals surface area contributed by atoms with Crippen LogP contribution in [0.25, 0.3) is 10.8 Å². The average molecular weight is 325 g/mol. The molecule has 1 fully saturated rings. The van der Waals surface area contributed by atoms with Gasteiger partial charge in [-0.25, -0.2) is 0 Å². The van der Waals surface area contributed by atoms with Gasteiger partial charge in [0.25, 0.3) is 5.91 Å². The van der Waals surface area contributed by atoms with Crippen LogP contribution in [0.1, 0.15) is 40.0 Å². The topological polar surface area (TPSA) is 29.5 Å². The minimum atomic E-state index is -0.403. The van der Waals surface area contributed by atoms with Crippen molar-refractivity contribution in [3.63, 3.8) is 0 Å². The zero-order valence-corrected chi connectivity index (χ0v) is 14.9. The number of carbonyl (C=O) groups is 1. The van der Waals surface area contributed by atoms with Gasteiger partial charge in [-0.05, 0) is 47.6 Å². The van der Waals surface area contributed by atoms with Gasteiger partial charge in [0.05, 0.1) is 0 Å². The van der Waals surface area contributed by atoms with E-state index in [9.17, 15) is 4.79 Å². The van der Waals surface area contributed by atoms with Gasteiger partial charge < -0.3 is 9.64 Å². The second-order valence-electron chi connectivity index (χ2n) is 7.55. The van der Waals surface area contributed by atoms with Crippen molar-refractivity contribution in [3.05, 3.63) is 42.5 Å². The molecule has 1 aliphatic rings. The van der Waals surface area contributed by atoms with Gasteiger partial charge in [0.15, 0.2) is 6.10 Å². The number of piperidine rings is 1. The van der Waals surface area contributed by atoms with Crippen molar-refractivity contribution in [2.45, 2.75) is 46.1 Å². The summed E-state index contributed by atoms with van der Waals surface area (Å²) in [5.41, 5.74) is 0.204. The molecular formula is C21H27NO2. The Hall–Kier alpha value is -2.03. The first-order chi connectivity index (χ1) is 11.5. The predicted molar refractivity (Wildman–Crippen MR) is 98.3 cm³/mol. The normalized spacial score (nSPS) is 18.4. The van der Waals surface area contributed by atoms with E-state index in [0.717, 1.165) is 30.6 Å². The summed E-state index contributed by atoms with van der Waals surface area (Å²) in [5.74, 6) is 0.892. The van der Waals surface area contributed by atoms with Crippen LogP contribution in [0, 0.1) is 5.41 Å². The maximum absolute atomic E-state index is 12.9. The Bertz CT molecular complexity index is 723. The molecule has 0 aliphatic carbocycles. The van der Waals surface area contributed by atoms with Crippen LogP contribution in [-0.2, 0) is 4.79 Å². The smallest absolute Gasteiger partial charge is 0.263 e. The van der Waals surface area contributed by atoms with Crippen molar-refractivity contribution in [2.75, 3.05) is 13.1 Å². The van der Waals surface area contributed by atoms with E-state index < -0.39 is 6.10 Å². The number of nitrogens with zero attached hydrogens (tertiary/aromatic N) is 1. The summed E-state index contributed by atoms with van der Waals surface area (Å²) in [6, 6.07) is 14.2. The third kappa shape index (κ3) is 3.72. The SMILES string of the molecule is CC[C@H](Oc1ccc2ccccc2c1)C(=O)N1CCCC(C)(C)C1. The fourth-order valence-electron chi connectivity index (χ4n) is 3.53. The zero-order valence-electron chi connectivity index (χ0n) is 14.9. The molecule has 128 valence electrons. The summed E-state index contributed by atoms with van der Waals surface area (Å²) >= 11 is 0. The number of ether oxygens (including phenoxy) is 1. The molecule has 1 atom stereocenters. The molecule has 1 saturated heterocycles. The van der Waals surface area contributed by atoms with Crippen LogP contribution in [0.4, 0.5) is 0 Å². The molecule has 2 aromatic rings. The Balaban J connectivity index is 1.74. The van der Waals surface area contributed by atoms with Crippen LogP contribution in [0.2, 0.25) is 0 Å². The average Bonchev–Trinajstić information content (AvgIpc) is 2.58.